The van der Waals surface area contributed by atoms with Gasteiger partial charge in [-0.25, -0.2) is 0 Å². The van der Waals surface area contributed by atoms with Crippen molar-refractivity contribution in [1.29, 1.82) is 0 Å². The number of esters is 1. The van der Waals surface area contributed by atoms with Gasteiger partial charge in [-0.05, 0) is 41.3 Å². The van der Waals surface area contributed by atoms with Crippen LogP contribution in [-0.2, 0) is 26.2 Å². The van der Waals surface area contributed by atoms with Crippen LogP contribution >= 0.6 is 11.6 Å². The van der Waals surface area contributed by atoms with E-state index in [2.05, 4.69) is 26.1 Å². The Hall–Kier alpha value is -2.86. The van der Waals surface area contributed by atoms with Crippen molar-refractivity contribution < 1.29 is 23.9 Å². The molecule has 0 aliphatic heterocycles. The number of rotatable bonds is 6. The molecule has 2 rings (SSSR count). The smallest absolute Gasteiger partial charge is 0.310 e. The van der Waals surface area contributed by atoms with Crippen molar-refractivity contribution >= 4 is 29.4 Å². The summed E-state index contributed by atoms with van der Waals surface area (Å²) < 4.78 is 10.1. The van der Waals surface area contributed by atoms with Crippen molar-refractivity contribution in [3.63, 3.8) is 0 Å². The van der Waals surface area contributed by atoms with Gasteiger partial charge in [-0.15, -0.1) is 0 Å². The summed E-state index contributed by atoms with van der Waals surface area (Å²) in [4.78, 5) is 36.1. The van der Waals surface area contributed by atoms with Gasteiger partial charge in [0, 0.05) is 16.1 Å². The van der Waals surface area contributed by atoms with Crippen molar-refractivity contribution in [2.75, 3.05) is 13.7 Å². The number of imide groups is 1. The lowest BCUT2D eigenvalue weighted by Gasteiger charge is -2.19. The van der Waals surface area contributed by atoms with E-state index in [1.165, 1.54) is 7.11 Å². The fourth-order valence-electron chi connectivity index (χ4n) is 2.59. The Morgan fingerprint density at radius 3 is 2.28 bits per heavy atom. The minimum Gasteiger partial charge on any atom is -0.496 e. The maximum absolute atomic E-state index is 12.2. The number of hydrogen-bond donors (Lipinski definition) is 1. The second kappa shape index (κ2) is 9.56. The molecule has 0 aliphatic rings. The van der Waals surface area contributed by atoms with E-state index in [1.54, 1.807) is 30.3 Å². The van der Waals surface area contributed by atoms with Gasteiger partial charge in [-0.1, -0.05) is 44.5 Å². The molecule has 6 nitrogen and oxygen atoms in total. The van der Waals surface area contributed by atoms with Gasteiger partial charge >= 0.3 is 5.97 Å². The lowest BCUT2D eigenvalue weighted by Crippen LogP contribution is -2.34. The monoisotopic (exact) mass is 417 g/mol. The highest BCUT2D eigenvalue weighted by molar-refractivity contribution is 6.30. The fourth-order valence-corrected chi connectivity index (χ4v) is 2.79. The van der Waals surface area contributed by atoms with Gasteiger partial charge < -0.3 is 9.47 Å². The minimum atomic E-state index is -0.707. The molecule has 0 aliphatic carbocycles. The molecule has 0 heterocycles. The zero-order valence-corrected chi connectivity index (χ0v) is 17.6. The van der Waals surface area contributed by atoms with E-state index in [4.69, 9.17) is 21.1 Å². The lowest BCUT2D eigenvalue weighted by molar-refractivity contribution is -0.147. The Bertz CT molecular complexity index is 900. The van der Waals surface area contributed by atoms with Crippen molar-refractivity contribution in [2.45, 2.75) is 32.6 Å². The first-order valence-corrected chi connectivity index (χ1v) is 9.40. The molecule has 0 spiro atoms. The predicted molar refractivity (Wildman–Crippen MR) is 110 cm³/mol. The number of benzene rings is 2. The van der Waals surface area contributed by atoms with Crippen LogP contribution in [0.3, 0.4) is 0 Å². The molecule has 1 N–H and O–H groups in total. The van der Waals surface area contributed by atoms with Crippen LogP contribution in [0.5, 0.6) is 5.75 Å². The molecule has 0 saturated heterocycles. The first kappa shape index (κ1) is 22.4. The molecular formula is C22H24ClNO5. The van der Waals surface area contributed by atoms with E-state index in [9.17, 15) is 14.4 Å². The van der Waals surface area contributed by atoms with Crippen LogP contribution < -0.4 is 10.1 Å². The number of ether oxygens (including phenoxy) is 2. The number of halogens is 1. The van der Waals surface area contributed by atoms with E-state index < -0.39 is 24.4 Å². The molecule has 154 valence electrons. The zero-order chi connectivity index (χ0) is 21.6. The fraction of sp³-hybridized carbons (Fsp3) is 0.318. The minimum absolute atomic E-state index is 0.0370. The Labute approximate surface area is 175 Å². The Morgan fingerprint density at radius 1 is 1.03 bits per heavy atom. The highest BCUT2D eigenvalue weighted by Gasteiger charge is 2.17. The Kier molecular flexibility index (Phi) is 7.40. The summed E-state index contributed by atoms with van der Waals surface area (Å²) in [5.41, 5.74) is 1.93. The molecule has 0 saturated carbocycles. The second-order valence-corrected chi connectivity index (χ2v) is 7.93. The van der Waals surface area contributed by atoms with Crippen molar-refractivity contribution in [3.05, 3.63) is 64.2 Å². The summed E-state index contributed by atoms with van der Waals surface area (Å²) in [6.45, 7) is 5.64. The quantitative estimate of drug-likeness (QED) is 0.725. The van der Waals surface area contributed by atoms with Gasteiger partial charge in [0.2, 0.25) is 0 Å². The summed E-state index contributed by atoms with van der Waals surface area (Å²) in [6.07, 6.45) is -0.112. The van der Waals surface area contributed by atoms with Crippen LogP contribution in [0, 0.1) is 0 Å². The van der Waals surface area contributed by atoms with Crippen molar-refractivity contribution in [2.24, 2.45) is 0 Å². The predicted octanol–water partition coefficient (Wildman–Crippen LogP) is 3.69. The molecule has 29 heavy (non-hydrogen) atoms. The molecular weight excluding hydrogens is 394 g/mol. The molecule has 0 unspecified atom stereocenters. The third-order valence-corrected chi connectivity index (χ3v) is 4.44. The van der Waals surface area contributed by atoms with E-state index in [1.807, 2.05) is 12.1 Å². The van der Waals surface area contributed by atoms with Crippen LogP contribution in [0.25, 0.3) is 0 Å². The molecule has 0 aromatic heterocycles. The second-order valence-electron chi connectivity index (χ2n) is 7.50. The number of methoxy groups -OCH3 is 1. The Balaban J connectivity index is 1.87. The van der Waals surface area contributed by atoms with Gasteiger partial charge in [0.05, 0.1) is 13.5 Å². The molecule has 0 bridgehead atoms. The van der Waals surface area contributed by atoms with Crippen molar-refractivity contribution in [1.82, 2.24) is 5.32 Å². The van der Waals surface area contributed by atoms with Gasteiger partial charge in [-0.3, -0.25) is 19.7 Å². The van der Waals surface area contributed by atoms with Gasteiger partial charge in [-0.2, -0.15) is 0 Å². The summed E-state index contributed by atoms with van der Waals surface area (Å²) in [7, 11) is 1.48. The first-order chi connectivity index (χ1) is 13.6. The molecule has 2 aromatic carbocycles. The number of carbonyl (C=O) groups excluding carboxylic acids is 3. The van der Waals surface area contributed by atoms with Crippen LogP contribution in [-0.4, -0.2) is 31.5 Å². The van der Waals surface area contributed by atoms with Gasteiger partial charge in [0.25, 0.3) is 11.8 Å². The normalized spacial score (nSPS) is 10.9. The van der Waals surface area contributed by atoms with Crippen LogP contribution in [0.1, 0.15) is 42.3 Å². The van der Waals surface area contributed by atoms with E-state index in [-0.39, 0.29) is 11.8 Å². The maximum Gasteiger partial charge on any atom is 0.310 e. The standard InChI is InChI=1S/C22H24ClNO5/c1-22(2,3)16-7-5-14(6-8-16)21(27)24-19(25)13-29-20(26)12-15-11-17(23)9-10-18(15)28-4/h5-11H,12-13H2,1-4H3,(H,24,25,27). The maximum atomic E-state index is 12.2. The van der Waals surface area contributed by atoms with Crippen molar-refractivity contribution in [3.8, 4) is 5.75 Å². The summed E-state index contributed by atoms with van der Waals surface area (Å²) in [5.74, 6) is -1.41. The first-order valence-electron chi connectivity index (χ1n) is 9.03. The van der Waals surface area contributed by atoms with Crippen LogP contribution in [0.4, 0.5) is 0 Å². The molecule has 0 radical (unpaired) electrons. The topological polar surface area (TPSA) is 81.7 Å². The highest BCUT2D eigenvalue weighted by atomic mass is 35.5. The summed E-state index contributed by atoms with van der Waals surface area (Å²) >= 11 is 5.93. The van der Waals surface area contributed by atoms with Gasteiger partial charge in [0.15, 0.2) is 6.61 Å². The van der Waals surface area contributed by atoms with E-state index in [0.29, 0.717) is 21.9 Å². The van der Waals surface area contributed by atoms with Crippen LogP contribution in [0.15, 0.2) is 42.5 Å². The zero-order valence-electron chi connectivity index (χ0n) is 16.9. The average Bonchev–Trinajstić information content (AvgIpc) is 2.66. The number of hydrogen-bond acceptors (Lipinski definition) is 5. The van der Waals surface area contributed by atoms with Gasteiger partial charge in [0.1, 0.15) is 5.75 Å². The highest BCUT2D eigenvalue weighted by Crippen LogP contribution is 2.23. The number of nitrogens with one attached hydrogen (secondary N) is 1. The molecule has 2 aromatic rings. The number of carbonyl (C=O) groups is 3. The third kappa shape index (κ3) is 6.61. The average molecular weight is 418 g/mol. The third-order valence-electron chi connectivity index (χ3n) is 4.21. The van der Waals surface area contributed by atoms with Crippen LogP contribution in [0.2, 0.25) is 5.02 Å². The lowest BCUT2D eigenvalue weighted by atomic mass is 9.87. The van der Waals surface area contributed by atoms with E-state index >= 15 is 0 Å². The molecule has 0 atom stereocenters. The summed E-state index contributed by atoms with van der Waals surface area (Å²) in [6, 6.07) is 11.9. The van der Waals surface area contributed by atoms with E-state index in [0.717, 1.165) is 5.56 Å². The SMILES string of the molecule is COc1ccc(Cl)cc1CC(=O)OCC(=O)NC(=O)c1ccc(C(C)(C)C)cc1. The number of amides is 2. The molecule has 2 amide bonds. The molecule has 0 fully saturated rings. The largest absolute Gasteiger partial charge is 0.496 e. The Morgan fingerprint density at radius 2 is 1.69 bits per heavy atom. The summed E-state index contributed by atoms with van der Waals surface area (Å²) in [5, 5.41) is 2.66. The molecule has 7 heteroatoms.